The number of rotatable bonds is 7. The van der Waals surface area contributed by atoms with E-state index in [2.05, 4.69) is 0 Å². The molecule has 0 aliphatic carbocycles. The van der Waals surface area contributed by atoms with Gasteiger partial charge in [0.2, 0.25) is 5.91 Å². The zero-order chi connectivity index (χ0) is 20.1. The molecule has 3 aromatic rings. The molecule has 1 aliphatic rings. The minimum Gasteiger partial charge on any atom is -0.472 e. The minimum absolute atomic E-state index is 0.0428. The summed E-state index contributed by atoms with van der Waals surface area (Å²) in [5.74, 6) is -0.903. The molecule has 2 aromatic carbocycles. The molecule has 4 rings (SSSR count). The highest BCUT2D eigenvalue weighted by Gasteiger charge is 2.30. The van der Waals surface area contributed by atoms with Gasteiger partial charge in [-0.2, -0.15) is 0 Å². The zero-order valence-corrected chi connectivity index (χ0v) is 16.1. The molecule has 0 saturated carbocycles. The predicted octanol–water partition coefficient (Wildman–Crippen LogP) is 4.11. The van der Waals surface area contributed by atoms with Crippen LogP contribution in [0.5, 0.6) is 0 Å². The van der Waals surface area contributed by atoms with Gasteiger partial charge in [0.1, 0.15) is 6.61 Å². The van der Waals surface area contributed by atoms with Crippen molar-refractivity contribution in [2.45, 2.75) is 32.5 Å². The number of hydrogen-bond donors (Lipinski definition) is 0. The first-order valence-electron chi connectivity index (χ1n) is 9.75. The van der Waals surface area contributed by atoms with Gasteiger partial charge in [0.05, 0.1) is 18.4 Å². The van der Waals surface area contributed by atoms with Crippen LogP contribution in [0.2, 0.25) is 0 Å². The Labute approximate surface area is 169 Å². The van der Waals surface area contributed by atoms with E-state index in [0.29, 0.717) is 19.5 Å². The molecule has 2 heterocycles. The van der Waals surface area contributed by atoms with Gasteiger partial charge < -0.3 is 14.1 Å². The molecule has 5 heteroatoms. The van der Waals surface area contributed by atoms with Gasteiger partial charge in [0.25, 0.3) is 0 Å². The number of nitrogens with zero attached hydrogens (tertiary/aromatic N) is 1. The maximum atomic E-state index is 12.9. The molecule has 0 saturated heterocycles. The van der Waals surface area contributed by atoms with E-state index in [0.717, 1.165) is 22.3 Å². The monoisotopic (exact) mass is 389 g/mol. The second-order valence-electron chi connectivity index (χ2n) is 7.36. The van der Waals surface area contributed by atoms with E-state index in [4.69, 9.17) is 9.15 Å². The summed E-state index contributed by atoms with van der Waals surface area (Å²) < 4.78 is 10.7. The number of carbonyl (C=O) groups is 2. The summed E-state index contributed by atoms with van der Waals surface area (Å²) in [6.07, 6.45) is 3.96. The predicted molar refractivity (Wildman–Crippen MR) is 107 cm³/mol. The number of hydrogen-bond acceptors (Lipinski definition) is 4. The van der Waals surface area contributed by atoms with E-state index >= 15 is 0 Å². The van der Waals surface area contributed by atoms with Crippen molar-refractivity contribution >= 4 is 11.9 Å². The van der Waals surface area contributed by atoms with Crippen LogP contribution in [0.3, 0.4) is 0 Å². The van der Waals surface area contributed by atoms with Crippen molar-refractivity contribution in [3.05, 3.63) is 95.4 Å². The first kappa shape index (κ1) is 19.0. The molecule has 0 bridgehead atoms. The normalized spacial score (nSPS) is 13.7. The number of fused-ring (bicyclic) bond motifs is 1. The van der Waals surface area contributed by atoms with Crippen molar-refractivity contribution in [3.63, 3.8) is 0 Å². The van der Waals surface area contributed by atoms with Crippen LogP contribution in [-0.4, -0.2) is 16.8 Å². The van der Waals surface area contributed by atoms with Gasteiger partial charge in [-0.15, -0.1) is 0 Å². The van der Waals surface area contributed by atoms with E-state index < -0.39 is 5.92 Å². The Bertz CT molecular complexity index is 944. The third kappa shape index (κ3) is 4.74. The largest absolute Gasteiger partial charge is 0.472 e. The van der Waals surface area contributed by atoms with Crippen molar-refractivity contribution in [2.24, 2.45) is 5.92 Å². The molecule has 1 aromatic heterocycles. The molecule has 0 radical (unpaired) electrons. The molecule has 0 fully saturated rings. The molecule has 148 valence electrons. The fourth-order valence-corrected chi connectivity index (χ4v) is 3.59. The maximum Gasteiger partial charge on any atom is 0.310 e. The summed E-state index contributed by atoms with van der Waals surface area (Å²) in [7, 11) is 0. The van der Waals surface area contributed by atoms with Crippen molar-refractivity contribution in [1.82, 2.24) is 4.90 Å². The van der Waals surface area contributed by atoms with Crippen LogP contribution in [0.25, 0.3) is 0 Å². The summed E-state index contributed by atoms with van der Waals surface area (Å²) >= 11 is 0. The van der Waals surface area contributed by atoms with Crippen LogP contribution in [-0.2, 0) is 40.4 Å². The average molecular weight is 389 g/mol. The summed E-state index contributed by atoms with van der Waals surface area (Å²) in [6.45, 7) is 1.27. The highest BCUT2D eigenvalue weighted by molar-refractivity contribution is 5.83. The number of amides is 1. The Morgan fingerprint density at radius 3 is 2.10 bits per heavy atom. The Morgan fingerprint density at radius 2 is 1.48 bits per heavy atom. The molecule has 1 unspecified atom stereocenters. The Hall–Kier alpha value is -3.34. The van der Waals surface area contributed by atoms with Crippen molar-refractivity contribution in [1.29, 1.82) is 0 Å². The summed E-state index contributed by atoms with van der Waals surface area (Å²) in [6, 6.07) is 19.3. The second-order valence-corrected chi connectivity index (χ2v) is 7.36. The third-order valence-corrected chi connectivity index (χ3v) is 5.21. The maximum absolute atomic E-state index is 12.9. The Balaban J connectivity index is 1.42. The number of ether oxygens (including phenoxy) is 1. The van der Waals surface area contributed by atoms with Crippen LogP contribution in [0.1, 0.15) is 28.7 Å². The lowest BCUT2D eigenvalue weighted by Crippen LogP contribution is -2.31. The number of benzene rings is 2. The zero-order valence-electron chi connectivity index (χ0n) is 16.1. The van der Waals surface area contributed by atoms with Gasteiger partial charge in [-0.05, 0) is 17.5 Å². The lowest BCUT2D eigenvalue weighted by molar-refractivity contribution is -0.152. The second kappa shape index (κ2) is 8.78. The van der Waals surface area contributed by atoms with Gasteiger partial charge in [-0.3, -0.25) is 9.59 Å². The van der Waals surface area contributed by atoms with E-state index in [1.54, 1.807) is 17.4 Å². The van der Waals surface area contributed by atoms with Gasteiger partial charge in [0.15, 0.2) is 0 Å². The topological polar surface area (TPSA) is 59.8 Å². The van der Waals surface area contributed by atoms with Crippen LogP contribution in [0, 0.1) is 5.92 Å². The first-order valence-corrected chi connectivity index (χ1v) is 9.75. The standard InChI is InChI=1S/C24H23NO4/c26-23(25-13-21-16-28-17-22(21)14-25)12-20(11-18-7-3-1-4-8-18)24(27)29-15-19-9-5-2-6-10-19/h1-10,16-17,20H,11-15H2. The summed E-state index contributed by atoms with van der Waals surface area (Å²) in [5, 5.41) is 0. The molecule has 0 spiro atoms. The van der Waals surface area contributed by atoms with Crippen LogP contribution in [0.15, 0.2) is 77.6 Å². The summed E-state index contributed by atoms with van der Waals surface area (Å²) in [4.78, 5) is 27.5. The van der Waals surface area contributed by atoms with Crippen molar-refractivity contribution in [3.8, 4) is 0 Å². The van der Waals surface area contributed by atoms with E-state index in [1.807, 2.05) is 60.7 Å². The molecule has 29 heavy (non-hydrogen) atoms. The van der Waals surface area contributed by atoms with Gasteiger partial charge in [0, 0.05) is 30.6 Å². The third-order valence-electron chi connectivity index (χ3n) is 5.21. The van der Waals surface area contributed by atoms with Crippen molar-refractivity contribution in [2.75, 3.05) is 0 Å². The fourth-order valence-electron chi connectivity index (χ4n) is 3.59. The molecule has 0 N–H and O–H groups in total. The lowest BCUT2D eigenvalue weighted by Gasteiger charge is -2.20. The average Bonchev–Trinajstić information content (AvgIpc) is 3.35. The van der Waals surface area contributed by atoms with Crippen LogP contribution < -0.4 is 0 Å². The van der Waals surface area contributed by atoms with E-state index in [9.17, 15) is 9.59 Å². The molecular formula is C24H23NO4. The highest BCUT2D eigenvalue weighted by atomic mass is 16.5. The van der Waals surface area contributed by atoms with E-state index in [1.165, 1.54) is 0 Å². The molecule has 1 amide bonds. The highest BCUT2D eigenvalue weighted by Crippen LogP contribution is 2.26. The van der Waals surface area contributed by atoms with Gasteiger partial charge in [-0.1, -0.05) is 60.7 Å². The Morgan fingerprint density at radius 1 is 0.897 bits per heavy atom. The molecule has 1 aliphatic heterocycles. The minimum atomic E-state index is -0.520. The van der Waals surface area contributed by atoms with Crippen LogP contribution in [0.4, 0.5) is 0 Å². The molecule has 5 nitrogen and oxygen atoms in total. The quantitative estimate of drug-likeness (QED) is 0.571. The number of carbonyl (C=O) groups excluding carboxylic acids is 2. The fraction of sp³-hybridized carbons (Fsp3) is 0.250. The van der Waals surface area contributed by atoms with Crippen LogP contribution >= 0.6 is 0 Å². The van der Waals surface area contributed by atoms with Gasteiger partial charge >= 0.3 is 5.97 Å². The lowest BCUT2D eigenvalue weighted by atomic mass is 9.95. The van der Waals surface area contributed by atoms with E-state index in [-0.39, 0.29) is 24.9 Å². The number of esters is 1. The number of furan rings is 1. The van der Waals surface area contributed by atoms with Crippen molar-refractivity contribution < 1.29 is 18.7 Å². The SMILES string of the molecule is O=C(OCc1ccccc1)C(CC(=O)N1Cc2cocc2C1)Cc1ccccc1. The first-order chi connectivity index (χ1) is 14.2. The Kier molecular flexibility index (Phi) is 5.75. The molecule has 1 atom stereocenters. The van der Waals surface area contributed by atoms with Gasteiger partial charge in [-0.25, -0.2) is 0 Å². The molecular weight excluding hydrogens is 366 g/mol. The summed E-state index contributed by atoms with van der Waals surface area (Å²) in [5.41, 5.74) is 4.00. The smallest absolute Gasteiger partial charge is 0.310 e.